The van der Waals surface area contributed by atoms with Crippen LogP contribution in [0.2, 0.25) is 0 Å². The fraction of sp³-hybridized carbons (Fsp3) is 0.765. The van der Waals surface area contributed by atoms with Crippen LogP contribution in [0.25, 0.3) is 0 Å². The fourth-order valence-corrected chi connectivity index (χ4v) is 5.52. The molecule has 0 radical (unpaired) electrons. The van der Waals surface area contributed by atoms with Gasteiger partial charge in [0.1, 0.15) is 5.82 Å². The Morgan fingerprint density at radius 2 is 1.65 bits per heavy atom. The van der Waals surface area contributed by atoms with Crippen molar-refractivity contribution in [3.8, 4) is 0 Å². The highest BCUT2D eigenvalue weighted by molar-refractivity contribution is 5.26. The first-order valence-electron chi connectivity index (χ1n) is 8.16. The van der Waals surface area contributed by atoms with Crippen LogP contribution in [0.1, 0.15) is 68.7 Å². The lowest BCUT2D eigenvalue weighted by Crippen LogP contribution is -2.49. The Bertz CT molecular complexity index is 500. The van der Waals surface area contributed by atoms with Gasteiger partial charge in [0.15, 0.2) is 0 Å². The Morgan fingerprint density at radius 1 is 1.10 bits per heavy atom. The van der Waals surface area contributed by atoms with E-state index in [1.807, 2.05) is 13.8 Å². The molecule has 0 aliphatic heterocycles. The summed E-state index contributed by atoms with van der Waals surface area (Å²) in [6, 6.07) is 2.22. The second-order valence-electron chi connectivity index (χ2n) is 7.71. The lowest BCUT2D eigenvalue weighted by molar-refractivity contribution is -0.00739. The van der Waals surface area contributed by atoms with Crippen LogP contribution in [0.15, 0.2) is 6.07 Å². The topological polar surface area (TPSA) is 51.8 Å². The van der Waals surface area contributed by atoms with E-state index in [9.17, 15) is 0 Å². The van der Waals surface area contributed by atoms with E-state index in [1.54, 1.807) is 0 Å². The summed E-state index contributed by atoms with van der Waals surface area (Å²) in [5, 5.41) is 0. The predicted molar refractivity (Wildman–Crippen MR) is 79.2 cm³/mol. The molecule has 5 rings (SSSR count). The second kappa shape index (κ2) is 4.27. The van der Waals surface area contributed by atoms with Crippen molar-refractivity contribution in [2.75, 3.05) is 0 Å². The van der Waals surface area contributed by atoms with E-state index in [4.69, 9.17) is 10.7 Å². The normalized spacial score (nSPS) is 40.0. The molecule has 1 aromatic rings. The molecular formula is C17H25N3. The van der Waals surface area contributed by atoms with Gasteiger partial charge in [-0.1, -0.05) is 0 Å². The molecule has 108 valence electrons. The summed E-state index contributed by atoms with van der Waals surface area (Å²) in [6.07, 6.45) is 8.49. The number of nitrogens with two attached hydrogens (primary N) is 1. The predicted octanol–water partition coefficient (Wildman–Crippen LogP) is 3.27. The van der Waals surface area contributed by atoms with Gasteiger partial charge in [-0.15, -0.1) is 0 Å². The van der Waals surface area contributed by atoms with Crippen molar-refractivity contribution in [2.24, 2.45) is 23.5 Å². The minimum Gasteiger partial charge on any atom is -0.323 e. The number of hydrogen-bond acceptors (Lipinski definition) is 3. The van der Waals surface area contributed by atoms with Crippen LogP contribution in [0.3, 0.4) is 0 Å². The zero-order chi connectivity index (χ0) is 13.9. The molecule has 0 amide bonds. The average Bonchev–Trinajstić information content (AvgIpc) is 2.36. The van der Waals surface area contributed by atoms with Gasteiger partial charge in [0, 0.05) is 11.5 Å². The van der Waals surface area contributed by atoms with E-state index < -0.39 is 0 Å². The Hall–Kier alpha value is -0.960. The van der Waals surface area contributed by atoms with Gasteiger partial charge in [0.25, 0.3) is 0 Å². The molecule has 4 saturated carbocycles. The van der Waals surface area contributed by atoms with Gasteiger partial charge < -0.3 is 5.73 Å². The highest BCUT2D eigenvalue weighted by atomic mass is 14.9. The Labute approximate surface area is 121 Å². The maximum Gasteiger partial charge on any atom is 0.125 e. The van der Waals surface area contributed by atoms with Crippen LogP contribution in [-0.2, 0) is 5.41 Å². The molecule has 20 heavy (non-hydrogen) atoms. The summed E-state index contributed by atoms with van der Waals surface area (Å²) in [7, 11) is 0. The molecule has 4 aliphatic rings. The molecule has 0 saturated heterocycles. The lowest BCUT2D eigenvalue weighted by Gasteiger charge is -2.56. The molecule has 1 atom stereocenters. The molecule has 1 unspecified atom stereocenters. The van der Waals surface area contributed by atoms with Gasteiger partial charge >= 0.3 is 0 Å². The van der Waals surface area contributed by atoms with E-state index in [2.05, 4.69) is 11.1 Å². The van der Waals surface area contributed by atoms with Crippen LogP contribution < -0.4 is 5.73 Å². The van der Waals surface area contributed by atoms with Crippen molar-refractivity contribution in [1.29, 1.82) is 0 Å². The largest absolute Gasteiger partial charge is 0.323 e. The van der Waals surface area contributed by atoms with Crippen molar-refractivity contribution >= 4 is 0 Å². The summed E-state index contributed by atoms with van der Waals surface area (Å²) < 4.78 is 0. The van der Waals surface area contributed by atoms with Crippen LogP contribution in [0.4, 0.5) is 0 Å². The third kappa shape index (κ3) is 1.90. The van der Waals surface area contributed by atoms with Crippen LogP contribution in [-0.4, -0.2) is 9.97 Å². The molecule has 0 spiro atoms. The quantitative estimate of drug-likeness (QED) is 0.898. The molecule has 4 fully saturated rings. The maximum atomic E-state index is 6.05. The first-order valence-corrected chi connectivity index (χ1v) is 8.16. The standard InChI is InChI=1S/C17H25N3/c1-10(18)15-6-16(20-11(2)19-15)17-7-12-3-13(8-17)5-14(4-12)9-17/h6,10,12-14H,3-5,7-9,18H2,1-2H3. The minimum absolute atomic E-state index is 0.00404. The number of rotatable bonds is 2. The third-order valence-electron chi connectivity index (χ3n) is 5.91. The zero-order valence-electron chi connectivity index (χ0n) is 12.6. The van der Waals surface area contributed by atoms with Crippen molar-refractivity contribution in [1.82, 2.24) is 9.97 Å². The Morgan fingerprint density at radius 3 is 2.15 bits per heavy atom. The van der Waals surface area contributed by atoms with E-state index in [-0.39, 0.29) is 6.04 Å². The monoisotopic (exact) mass is 271 g/mol. The number of aryl methyl sites for hydroxylation is 1. The first-order chi connectivity index (χ1) is 9.54. The van der Waals surface area contributed by atoms with Gasteiger partial charge in [-0.3, -0.25) is 0 Å². The van der Waals surface area contributed by atoms with Crippen LogP contribution >= 0.6 is 0 Å². The third-order valence-corrected chi connectivity index (χ3v) is 5.91. The highest BCUT2D eigenvalue weighted by Crippen LogP contribution is 2.60. The lowest BCUT2D eigenvalue weighted by atomic mass is 9.49. The van der Waals surface area contributed by atoms with Gasteiger partial charge in [-0.05, 0) is 76.2 Å². The number of aromatic nitrogens is 2. The van der Waals surface area contributed by atoms with Gasteiger partial charge in [-0.25, -0.2) is 9.97 Å². The first kappa shape index (κ1) is 12.8. The van der Waals surface area contributed by atoms with E-state index in [1.165, 1.54) is 44.2 Å². The SMILES string of the molecule is Cc1nc(C(C)N)cc(C23CC4CC(CC(C4)C2)C3)n1. The fourth-order valence-electron chi connectivity index (χ4n) is 5.52. The second-order valence-corrected chi connectivity index (χ2v) is 7.71. The van der Waals surface area contributed by atoms with E-state index in [0.717, 1.165) is 29.3 Å². The molecule has 2 N–H and O–H groups in total. The van der Waals surface area contributed by atoms with Gasteiger partial charge in [0.2, 0.25) is 0 Å². The van der Waals surface area contributed by atoms with E-state index >= 15 is 0 Å². The molecule has 3 nitrogen and oxygen atoms in total. The zero-order valence-corrected chi connectivity index (χ0v) is 12.6. The van der Waals surface area contributed by atoms with Crippen molar-refractivity contribution < 1.29 is 0 Å². The summed E-state index contributed by atoms with van der Waals surface area (Å²) in [5.74, 6) is 3.76. The van der Waals surface area contributed by atoms with Crippen molar-refractivity contribution in [3.63, 3.8) is 0 Å². The molecular weight excluding hydrogens is 246 g/mol. The Kier molecular flexibility index (Phi) is 2.72. The smallest absolute Gasteiger partial charge is 0.125 e. The van der Waals surface area contributed by atoms with Gasteiger partial charge in [0.05, 0.1) is 11.4 Å². The number of nitrogens with zero attached hydrogens (tertiary/aromatic N) is 2. The number of hydrogen-bond donors (Lipinski definition) is 1. The Balaban J connectivity index is 1.77. The molecule has 4 aliphatic carbocycles. The molecule has 3 heteroatoms. The highest BCUT2D eigenvalue weighted by Gasteiger charge is 2.52. The molecule has 4 bridgehead atoms. The average molecular weight is 271 g/mol. The van der Waals surface area contributed by atoms with E-state index in [0.29, 0.717) is 5.41 Å². The summed E-state index contributed by atoms with van der Waals surface area (Å²) in [5.41, 5.74) is 8.73. The summed E-state index contributed by atoms with van der Waals surface area (Å²) in [4.78, 5) is 9.36. The van der Waals surface area contributed by atoms with Crippen molar-refractivity contribution in [3.05, 3.63) is 23.3 Å². The summed E-state index contributed by atoms with van der Waals surface area (Å²) >= 11 is 0. The van der Waals surface area contributed by atoms with Crippen LogP contribution in [0, 0.1) is 24.7 Å². The van der Waals surface area contributed by atoms with Crippen molar-refractivity contribution in [2.45, 2.75) is 63.8 Å². The minimum atomic E-state index is 0.00404. The maximum absolute atomic E-state index is 6.05. The summed E-state index contributed by atoms with van der Waals surface area (Å²) in [6.45, 7) is 4.03. The van der Waals surface area contributed by atoms with Crippen LogP contribution in [0.5, 0.6) is 0 Å². The molecule has 0 aromatic carbocycles. The molecule has 1 heterocycles. The van der Waals surface area contributed by atoms with Gasteiger partial charge in [-0.2, -0.15) is 0 Å². The molecule has 1 aromatic heterocycles.